The first-order valence-corrected chi connectivity index (χ1v) is 12.4. The van der Waals surface area contributed by atoms with Crippen LogP contribution in [0.2, 0.25) is 0 Å². The Morgan fingerprint density at radius 2 is 2.08 bits per heavy atom. The molecule has 1 atom stereocenters. The lowest BCUT2D eigenvalue weighted by atomic mass is 10.1. The molecule has 37 heavy (non-hydrogen) atoms. The number of ether oxygens (including phenoxy) is 1. The molecule has 0 saturated heterocycles. The van der Waals surface area contributed by atoms with E-state index in [0.717, 1.165) is 12.1 Å². The van der Waals surface area contributed by atoms with Gasteiger partial charge in [0.25, 0.3) is 0 Å². The average Bonchev–Trinajstić information content (AvgIpc) is 3.40. The normalized spacial score (nSPS) is 13.9. The third kappa shape index (κ3) is 5.15. The maximum absolute atomic E-state index is 14.3. The van der Waals surface area contributed by atoms with Crippen LogP contribution in [0, 0.1) is 21.8 Å². The predicted molar refractivity (Wildman–Crippen MR) is 134 cm³/mol. The number of ketones is 1. The maximum Gasteiger partial charge on any atom is 0.406 e. The number of benzene rings is 1. The van der Waals surface area contributed by atoms with E-state index < -0.39 is 22.7 Å². The molecule has 1 aliphatic rings. The highest BCUT2D eigenvalue weighted by atomic mass is 79.9. The van der Waals surface area contributed by atoms with Crippen LogP contribution >= 0.6 is 15.9 Å². The molecular weight excluding hydrogens is 547 g/mol. The molecule has 0 radical (unpaired) electrons. The van der Waals surface area contributed by atoms with Gasteiger partial charge in [0.15, 0.2) is 6.20 Å². The summed E-state index contributed by atoms with van der Waals surface area (Å²) in [5.74, 6) is -0.782. The van der Waals surface area contributed by atoms with E-state index in [1.54, 1.807) is 23.7 Å². The molecule has 0 aliphatic heterocycles. The van der Waals surface area contributed by atoms with Gasteiger partial charge >= 0.3 is 5.82 Å². The van der Waals surface area contributed by atoms with Crippen molar-refractivity contribution < 1.29 is 18.8 Å². The minimum atomic E-state index is -0.854. The number of halogens is 2. The first-order valence-electron chi connectivity index (χ1n) is 11.6. The molecule has 3 heterocycles. The lowest BCUT2D eigenvalue weighted by Crippen LogP contribution is -2.15. The summed E-state index contributed by atoms with van der Waals surface area (Å²) in [6, 6.07) is 8.78. The van der Waals surface area contributed by atoms with E-state index >= 15 is 0 Å². The third-order valence-electron chi connectivity index (χ3n) is 6.21. The van der Waals surface area contributed by atoms with Crippen LogP contribution in [0.1, 0.15) is 53.3 Å². The Labute approximate surface area is 219 Å². The van der Waals surface area contributed by atoms with Crippen molar-refractivity contribution >= 4 is 27.5 Å². The number of aryl methyl sites for hydroxylation is 1. The molecule has 3 aromatic heterocycles. The zero-order chi connectivity index (χ0) is 26.3. The SMILES string of the molecule is C[C@@H](Oc1cc(Br)cnc1[N+](=O)[O-])c1cc(F)ccc1-n1nccc1C(=O)c1cc(CC2CC2)n(C)n1. The number of rotatable bonds is 9. The smallest absolute Gasteiger partial charge is 0.406 e. The van der Waals surface area contributed by atoms with Gasteiger partial charge in [-0.2, -0.15) is 10.2 Å². The molecule has 0 unspecified atom stereocenters. The molecule has 0 amide bonds. The topological polar surface area (TPSA) is 118 Å². The van der Waals surface area contributed by atoms with Gasteiger partial charge in [0.1, 0.15) is 23.3 Å². The van der Waals surface area contributed by atoms with Crippen LogP contribution in [-0.4, -0.2) is 35.3 Å². The van der Waals surface area contributed by atoms with Crippen LogP contribution in [-0.2, 0) is 13.5 Å². The fraction of sp³-hybridized carbons (Fsp3) is 0.280. The Hall–Kier alpha value is -3.93. The monoisotopic (exact) mass is 568 g/mol. The fourth-order valence-electron chi connectivity index (χ4n) is 4.16. The predicted octanol–water partition coefficient (Wildman–Crippen LogP) is 5.13. The van der Waals surface area contributed by atoms with Crippen LogP contribution in [0.3, 0.4) is 0 Å². The molecule has 1 saturated carbocycles. The Bertz CT molecular complexity index is 1510. The molecule has 4 aromatic rings. The number of nitro groups is 1. The summed E-state index contributed by atoms with van der Waals surface area (Å²) >= 11 is 3.24. The summed E-state index contributed by atoms with van der Waals surface area (Å²) in [6.45, 7) is 1.62. The summed E-state index contributed by atoms with van der Waals surface area (Å²) in [5.41, 5.74) is 2.25. The van der Waals surface area contributed by atoms with Crippen LogP contribution in [0.5, 0.6) is 5.75 Å². The minimum Gasteiger partial charge on any atom is -0.478 e. The van der Waals surface area contributed by atoms with Gasteiger partial charge in [-0.05, 0) is 88.3 Å². The van der Waals surface area contributed by atoms with E-state index in [4.69, 9.17) is 4.74 Å². The van der Waals surface area contributed by atoms with E-state index in [9.17, 15) is 19.3 Å². The summed E-state index contributed by atoms with van der Waals surface area (Å²) in [5, 5.41) is 20.2. The third-order valence-corrected chi connectivity index (χ3v) is 6.65. The Morgan fingerprint density at radius 1 is 1.30 bits per heavy atom. The van der Waals surface area contributed by atoms with Gasteiger partial charge in [-0.15, -0.1) is 0 Å². The number of pyridine rings is 1. The first kappa shape index (κ1) is 24.8. The standard InChI is InChI=1S/C25H22BrFN6O4/c1-14(37-23-10-16(26)13-28-25(23)33(35)36)19-11-17(27)5-6-21(19)32-22(7-8-29-32)24(34)20-12-18(31(2)30-20)9-15-3-4-15/h5-8,10-15H,3-4,9H2,1-2H3/t14-/m1/s1. The lowest BCUT2D eigenvalue weighted by Gasteiger charge is -2.19. The molecule has 0 spiro atoms. The number of hydrogen-bond acceptors (Lipinski definition) is 7. The molecule has 190 valence electrons. The van der Waals surface area contributed by atoms with Gasteiger partial charge in [-0.25, -0.2) is 9.07 Å². The average molecular weight is 569 g/mol. The second-order valence-electron chi connectivity index (χ2n) is 8.95. The zero-order valence-electron chi connectivity index (χ0n) is 20.0. The molecule has 1 fully saturated rings. The molecule has 1 aromatic carbocycles. The Balaban J connectivity index is 1.49. The summed E-state index contributed by atoms with van der Waals surface area (Å²) in [6.07, 6.45) is 5.17. The molecule has 5 rings (SSSR count). The fourth-order valence-corrected chi connectivity index (χ4v) is 4.47. The van der Waals surface area contributed by atoms with Crippen molar-refractivity contribution in [3.63, 3.8) is 0 Å². The molecule has 12 heteroatoms. The summed E-state index contributed by atoms with van der Waals surface area (Å²) in [7, 11) is 1.82. The number of carbonyl (C=O) groups excluding carboxylic acids is 1. The van der Waals surface area contributed by atoms with Gasteiger partial charge in [0, 0.05) is 24.4 Å². The highest BCUT2D eigenvalue weighted by Crippen LogP contribution is 2.34. The van der Waals surface area contributed by atoms with E-state index in [2.05, 4.69) is 31.1 Å². The number of nitrogens with zero attached hydrogens (tertiary/aromatic N) is 6. The molecular formula is C25H22BrFN6O4. The number of hydrogen-bond donors (Lipinski definition) is 0. The molecule has 0 bridgehead atoms. The van der Waals surface area contributed by atoms with E-state index in [1.165, 1.54) is 54.2 Å². The summed E-state index contributed by atoms with van der Waals surface area (Å²) < 4.78 is 23.8. The van der Waals surface area contributed by atoms with E-state index in [0.29, 0.717) is 27.3 Å². The van der Waals surface area contributed by atoms with E-state index in [1.807, 2.05) is 7.05 Å². The van der Waals surface area contributed by atoms with Gasteiger partial charge in [-0.1, -0.05) is 0 Å². The van der Waals surface area contributed by atoms with Gasteiger partial charge in [-0.3, -0.25) is 9.48 Å². The van der Waals surface area contributed by atoms with Crippen molar-refractivity contribution in [2.75, 3.05) is 0 Å². The van der Waals surface area contributed by atoms with Crippen molar-refractivity contribution in [2.24, 2.45) is 13.0 Å². The van der Waals surface area contributed by atoms with Gasteiger partial charge < -0.3 is 14.9 Å². The lowest BCUT2D eigenvalue weighted by molar-refractivity contribution is -0.390. The van der Waals surface area contributed by atoms with Crippen LogP contribution in [0.15, 0.2) is 53.3 Å². The van der Waals surface area contributed by atoms with E-state index in [-0.39, 0.29) is 17.2 Å². The van der Waals surface area contributed by atoms with Crippen molar-refractivity contribution in [1.29, 1.82) is 0 Å². The second kappa shape index (κ2) is 9.85. The second-order valence-corrected chi connectivity index (χ2v) is 9.86. The molecule has 0 N–H and O–H groups in total. The zero-order valence-corrected chi connectivity index (χ0v) is 21.6. The first-order chi connectivity index (χ1) is 17.7. The summed E-state index contributed by atoms with van der Waals surface area (Å²) in [4.78, 5) is 28.0. The van der Waals surface area contributed by atoms with Crippen molar-refractivity contribution in [2.45, 2.75) is 32.3 Å². The van der Waals surface area contributed by atoms with Crippen molar-refractivity contribution in [3.8, 4) is 11.4 Å². The van der Waals surface area contributed by atoms with Crippen LogP contribution < -0.4 is 4.74 Å². The van der Waals surface area contributed by atoms with Crippen molar-refractivity contribution in [3.05, 3.63) is 91.8 Å². The minimum absolute atomic E-state index is 0.0875. The van der Waals surface area contributed by atoms with Crippen molar-refractivity contribution in [1.82, 2.24) is 24.5 Å². The highest BCUT2D eigenvalue weighted by molar-refractivity contribution is 9.10. The molecule has 1 aliphatic carbocycles. The largest absolute Gasteiger partial charge is 0.478 e. The van der Waals surface area contributed by atoms with Gasteiger partial charge in [0.05, 0.1) is 16.4 Å². The van der Waals surface area contributed by atoms with Crippen LogP contribution in [0.4, 0.5) is 10.2 Å². The van der Waals surface area contributed by atoms with Gasteiger partial charge in [0.2, 0.25) is 11.5 Å². The number of aromatic nitrogens is 5. The molecule has 10 nitrogen and oxygen atoms in total. The Morgan fingerprint density at radius 3 is 2.81 bits per heavy atom. The Kier molecular flexibility index (Phi) is 6.59. The highest BCUT2D eigenvalue weighted by Gasteiger charge is 2.27. The van der Waals surface area contributed by atoms with Crippen LogP contribution in [0.25, 0.3) is 5.69 Å². The maximum atomic E-state index is 14.3. The quantitative estimate of drug-likeness (QED) is 0.156. The number of carbonyl (C=O) groups is 1.